The van der Waals surface area contributed by atoms with Crippen LogP contribution in [0.5, 0.6) is 0 Å². The van der Waals surface area contributed by atoms with Gasteiger partial charge in [-0.2, -0.15) is 13.2 Å². The summed E-state index contributed by atoms with van der Waals surface area (Å²) in [6.45, 7) is 1.61. The van der Waals surface area contributed by atoms with E-state index < -0.39 is 34.2 Å². The molecule has 2 aliphatic heterocycles. The first-order chi connectivity index (χ1) is 11.1. The molecule has 2 unspecified atom stereocenters. The van der Waals surface area contributed by atoms with Gasteiger partial charge in [-0.1, -0.05) is 0 Å². The maximum Gasteiger partial charge on any atom is 0.416 e. The van der Waals surface area contributed by atoms with E-state index in [2.05, 4.69) is 5.32 Å². The minimum atomic E-state index is -4.51. The molecule has 0 bridgehead atoms. The van der Waals surface area contributed by atoms with E-state index in [0.717, 1.165) is 4.90 Å². The van der Waals surface area contributed by atoms with Crippen molar-refractivity contribution < 1.29 is 31.1 Å². The van der Waals surface area contributed by atoms with Gasteiger partial charge in [0, 0.05) is 13.1 Å². The number of nitrogens with one attached hydrogen (secondary N) is 1. The quantitative estimate of drug-likeness (QED) is 0.816. The van der Waals surface area contributed by atoms with E-state index in [1.807, 2.05) is 0 Å². The number of ether oxygens (including phenoxy) is 1. The van der Waals surface area contributed by atoms with Crippen LogP contribution in [0.2, 0.25) is 0 Å². The fourth-order valence-electron chi connectivity index (χ4n) is 3.15. The normalized spacial score (nSPS) is 28.6. The van der Waals surface area contributed by atoms with E-state index in [4.69, 9.17) is 4.74 Å². The third-order valence-corrected chi connectivity index (χ3v) is 6.36. The summed E-state index contributed by atoms with van der Waals surface area (Å²) in [5.41, 5.74) is 0. The Labute approximate surface area is 139 Å². The highest BCUT2D eigenvalue weighted by atomic mass is 32.2. The predicted octanol–water partition coefficient (Wildman–Crippen LogP) is 1.56. The molecule has 2 heterocycles. The summed E-state index contributed by atoms with van der Waals surface area (Å²) in [5.74, 6) is 0.553. The molecule has 0 spiro atoms. The number of morpholine rings is 1. The molecule has 2 rings (SSSR count). The number of carbonyl (C=O) groups is 1. The fourth-order valence-corrected chi connectivity index (χ4v) is 4.74. The summed E-state index contributed by atoms with van der Waals surface area (Å²) in [4.78, 5) is 13.3. The number of hydrogen-bond acceptors (Lipinski definition) is 4. The Morgan fingerprint density at radius 3 is 2.50 bits per heavy atom. The smallest absolute Gasteiger partial charge is 0.365 e. The largest absolute Gasteiger partial charge is 0.416 e. The first kappa shape index (κ1) is 19.3. The highest BCUT2D eigenvalue weighted by Crippen LogP contribution is 2.30. The first-order valence-corrected chi connectivity index (χ1v) is 9.85. The van der Waals surface area contributed by atoms with Gasteiger partial charge in [-0.25, -0.2) is 13.2 Å². The molecule has 0 aromatic heterocycles. The van der Waals surface area contributed by atoms with E-state index in [-0.39, 0.29) is 30.6 Å². The van der Waals surface area contributed by atoms with Crippen molar-refractivity contribution in [2.75, 3.05) is 31.2 Å². The van der Waals surface area contributed by atoms with Gasteiger partial charge in [-0.3, -0.25) is 0 Å². The van der Waals surface area contributed by atoms with Crippen molar-refractivity contribution in [1.82, 2.24) is 10.2 Å². The molecule has 10 heteroatoms. The molecular weight excluding hydrogens is 349 g/mol. The molecule has 0 aliphatic carbocycles. The lowest BCUT2D eigenvalue weighted by Crippen LogP contribution is -2.59. The number of sulfone groups is 1. The molecule has 2 aliphatic rings. The number of rotatable bonds is 3. The molecule has 24 heavy (non-hydrogen) atoms. The van der Waals surface area contributed by atoms with Gasteiger partial charge in [0.05, 0.1) is 24.2 Å². The average molecular weight is 372 g/mol. The summed E-state index contributed by atoms with van der Waals surface area (Å²) in [6, 6.07) is -1.62. The summed E-state index contributed by atoms with van der Waals surface area (Å²) in [5, 5.41) is 2.64. The molecule has 2 fully saturated rings. The maximum atomic E-state index is 12.9. The lowest BCUT2D eigenvalue weighted by Gasteiger charge is -2.39. The highest BCUT2D eigenvalue weighted by molar-refractivity contribution is 7.91. The van der Waals surface area contributed by atoms with E-state index in [0.29, 0.717) is 25.8 Å². The second kappa shape index (κ2) is 7.47. The first-order valence-electron chi connectivity index (χ1n) is 8.03. The van der Waals surface area contributed by atoms with Crippen molar-refractivity contribution in [2.24, 2.45) is 5.92 Å². The molecule has 2 saturated heterocycles. The predicted molar refractivity (Wildman–Crippen MR) is 81.4 cm³/mol. The Kier molecular flexibility index (Phi) is 6.00. The molecule has 140 valence electrons. The van der Waals surface area contributed by atoms with Crippen LogP contribution in [-0.2, 0) is 14.6 Å². The van der Waals surface area contributed by atoms with E-state index >= 15 is 0 Å². The lowest BCUT2D eigenvalue weighted by atomic mass is 9.99. The van der Waals surface area contributed by atoms with Crippen LogP contribution in [0.15, 0.2) is 0 Å². The van der Waals surface area contributed by atoms with Crippen LogP contribution in [0.1, 0.15) is 26.2 Å². The Morgan fingerprint density at radius 1 is 1.29 bits per heavy atom. The number of amides is 2. The van der Waals surface area contributed by atoms with E-state index in [9.17, 15) is 26.4 Å². The summed E-state index contributed by atoms with van der Waals surface area (Å²) >= 11 is 0. The zero-order valence-electron chi connectivity index (χ0n) is 13.5. The Hall–Kier alpha value is -1.03. The van der Waals surface area contributed by atoms with E-state index in [1.165, 1.54) is 6.92 Å². The number of hydrogen-bond donors (Lipinski definition) is 1. The Balaban J connectivity index is 1.78. The number of carbonyl (C=O) groups excluding carboxylic acids is 1. The monoisotopic (exact) mass is 372 g/mol. The highest BCUT2D eigenvalue weighted by Gasteiger charge is 2.49. The molecule has 2 amide bonds. The minimum absolute atomic E-state index is 0.112. The van der Waals surface area contributed by atoms with Gasteiger partial charge in [0.25, 0.3) is 0 Å². The second-order valence-corrected chi connectivity index (χ2v) is 8.69. The average Bonchev–Trinajstić information content (AvgIpc) is 2.48. The fraction of sp³-hybridized carbons (Fsp3) is 0.929. The molecule has 0 radical (unpaired) electrons. The molecule has 0 aromatic rings. The summed E-state index contributed by atoms with van der Waals surface area (Å²) in [7, 11) is -2.92. The standard InChI is InChI=1S/C14H23F3N2O4S/c1-10-12(14(15,16)17)23-7-6-19(10)13(20)18-5-2-11-3-8-24(21,22)9-4-11/h10-12H,2-9H2,1H3,(H,18,20). The summed E-state index contributed by atoms with van der Waals surface area (Å²) < 4.78 is 66.0. The van der Waals surface area contributed by atoms with Gasteiger partial charge >= 0.3 is 12.2 Å². The molecule has 1 N–H and O–H groups in total. The van der Waals surface area contributed by atoms with Crippen LogP contribution in [0.4, 0.5) is 18.0 Å². The zero-order chi connectivity index (χ0) is 18.0. The van der Waals surface area contributed by atoms with Gasteiger partial charge in [0.2, 0.25) is 0 Å². The number of nitrogens with zero attached hydrogens (tertiary/aromatic N) is 1. The molecule has 2 atom stereocenters. The van der Waals surface area contributed by atoms with Crippen molar-refractivity contribution in [3.63, 3.8) is 0 Å². The van der Waals surface area contributed by atoms with Crippen LogP contribution in [-0.4, -0.2) is 68.9 Å². The third-order valence-electron chi connectivity index (χ3n) is 4.65. The summed E-state index contributed by atoms with van der Waals surface area (Å²) in [6.07, 6.45) is -4.71. The number of alkyl halides is 3. The zero-order valence-corrected chi connectivity index (χ0v) is 14.3. The molecule has 0 aromatic carbocycles. The van der Waals surface area contributed by atoms with Crippen LogP contribution >= 0.6 is 0 Å². The van der Waals surface area contributed by atoms with Crippen LogP contribution in [0, 0.1) is 5.92 Å². The van der Waals surface area contributed by atoms with Crippen LogP contribution in [0.25, 0.3) is 0 Å². The maximum absolute atomic E-state index is 12.9. The Bertz CT molecular complexity index is 539. The van der Waals surface area contributed by atoms with Crippen molar-refractivity contribution in [1.29, 1.82) is 0 Å². The number of urea groups is 1. The SMILES string of the molecule is CC1C(C(F)(F)F)OCCN1C(=O)NCCC1CCS(=O)(=O)CC1. The van der Waals surface area contributed by atoms with Gasteiger partial charge < -0.3 is 15.0 Å². The minimum Gasteiger partial charge on any atom is -0.365 e. The Morgan fingerprint density at radius 2 is 1.92 bits per heavy atom. The molecule has 6 nitrogen and oxygen atoms in total. The van der Waals surface area contributed by atoms with Crippen LogP contribution in [0.3, 0.4) is 0 Å². The van der Waals surface area contributed by atoms with Gasteiger partial charge in [-0.05, 0) is 32.1 Å². The molecule has 0 saturated carbocycles. The van der Waals surface area contributed by atoms with Gasteiger partial charge in [0.15, 0.2) is 6.10 Å². The van der Waals surface area contributed by atoms with Gasteiger partial charge in [0.1, 0.15) is 9.84 Å². The van der Waals surface area contributed by atoms with E-state index in [1.54, 1.807) is 0 Å². The lowest BCUT2D eigenvalue weighted by molar-refractivity contribution is -0.246. The van der Waals surface area contributed by atoms with Crippen molar-refractivity contribution in [3.05, 3.63) is 0 Å². The number of halogens is 3. The van der Waals surface area contributed by atoms with Crippen molar-refractivity contribution in [2.45, 2.75) is 44.5 Å². The topological polar surface area (TPSA) is 75.7 Å². The van der Waals surface area contributed by atoms with Crippen molar-refractivity contribution in [3.8, 4) is 0 Å². The second-order valence-electron chi connectivity index (χ2n) is 6.38. The van der Waals surface area contributed by atoms with Crippen molar-refractivity contribution >= 4 is 15.9 Å². The molecular formula is C14H23F3N2O4S. The van der Waals surface area contributed by atoms with Gasteiger partial charge in [-0.15, -0.1) is 0 Å². The van der Waals surface area contributed by atoms with Crippen LogP contribution < -0.4 is 5.32 Å². The third kappa shape index (κ3) is 4.98.